The second kappa shape index (κ2) is 4.72. The van der Waals surface area contributed by atoms with Gasteiger partial charge in [-0.15, -0.1) is 11.3 Å². The van der Waals surface area contributed by atoms with Crippen molar-refractivity contribution in [3.63, 3.8) is 0 Å². The van der Waals surface area contributed by atoms with Gasteiger partial charge in [0.15, 0.2) is 0 Å². The fourth-order valence-corrected chi connectivity index (χ4v) is 4.55. The van der Waals surface area contributed by atoms with E-state index in [1.54, 1.807) is 30.5 Å². The Morgan fingerprint density at radius 1 is 1.30 bits per heavy atom. The predicted molar refractivity (Wildman–Crippen MR) is 80.2 cm³/mol. The Morgan fingerprint density at radius 2 is 2.10 bits per heavy atom. The number of nitrogens with one attached hydrogen (secondary N) is 1. The van der Waals surface area contributed by atoms with Gasteiger partial charge in [0.1, 0.15) is 9.79 Å². The van der Waals surface area contributed by atoms with E-state index in [4.69, 9.17) is 4.42 Å². The van der Waals surface area contributed by atoms with Crippen LogP contribution in [-0.4, -0.2) is 8.42 Å². The molecule has 0 fully saturated rings. The molecule has 1 N–H and O–H groups in total. The summed E-state index contributed by atoms with van der Waals surface area (Å²) in [4.78, 5) is 10.8. The predicted octanol–water partition coefficient (Wildman–Crippen LogP) is 3.03. The van der Waals surface area contributed by atoms with Crippen LogP contribution in [0.4, 0.5) is 5.69 Å². The van der Waals surface area contributed by atoms with Crippen molar-refractivity contribution in [2.24, 2.45) is 0 Å². The maximum absolute atomic E-state index is 12.2. The highest BCUT2D eigenvalue weighted by atomic mass is 32.2. The van der Waals surface area contributed by atoms with Gasteiger partial charge >= 0.3 is 4.94 Å². The van der Waals surface area contributed by atoms with Gasteiger partial charge in [0.25, 0.3) is 10.0 Å². The number of benzene rings is 1. The summed E-state index contributed by atoms with van der Waals surface area (Å²) < 4.78 is 32.7. The van der Waals surface area contributed by atoms with Crippen molar-refractivity contribution in [3.8, 4) is 0 Å². The van der Waals surface area contributed by atoms with Crippen molar-refractivity contribution in [1.29, 1.82) is 0 Å². The first-order valence-electron chi connectivity index (χ1n) is 5.56. The summed E-state index contributed by atoms with van der Waals surface area (Å²) in [7, 11) is -3.59. The first-order chi connectivity index (χ1) is 9.45. The topological polar surface area (TPSA) is 76.4 Å². The van der Waals surface area contributed by atoms with E-state index in [2.05, 4.69) is 4.72 Å². The molecule has 0 spiro atoms. The summed E-state index contributed by atoms with van der Waals surface area (Å²) in [6.07, 6.45) is 0. The zero-order chi connectivity index (χ0) is 14.3. The summed E-state index contributed by atoms with van der Waals surface area (Å²) in [5.74, 6) is 0. The molecule has 0 atom stereocenters. The quantitative estimate of drug-likeness (QED) is 0.802. The van der Waals surface area contributed by atoms with E-state index in [1.165, 1.54) is 6.07 Å². The molecular formula is C12H9NO4S3. The molecular weight excluding hydrogens is 318 g/mol. The summed E-state index contributed by atoms with van der Waals surface area (Å²) in [5, 5.41) is 1.70. The van der Waals surface area contributed by atoms with Crippen LogP contribution >= 0.6 is 22.7 Å². The van der Waals surface area contributed by atoms with Crippen LogP contribution in [0.15, 0.2) is 43.1 Å². The van der Waals surface area contributed by atoms with Crippen molar-refractivity contribution >= 4 is 48.7 Å². The van der Waals surface area contributed by atoms with E-state index in [-0.39, 0.29) is 4.21 Å². The fraction of sp³-hybridized carbons (Fsp3) is 0.0833. The van der Waals surface area contributed by atoms with Crippen LogP contribution < -0.4 is 9.66 Å². The first-order valence-corrected chi connectivity index (χ1v) is 8.74. The van der Waals surface area contributed by atoms with Crippen LogP contribution in [0.2, 0.25) is 0 Å². The van der Waals surface area contributed by atoms with Gasteiger partial charge in [0.05, 0.1) is 10.4 Å². The largest absolute Gasteiger partial charge is 0.414 e. The van der Waals surface area contributed by atoms with E-state index < -0.39 is 15.0 Å². The average molecular weight is 327 g/mol. The SMILES string of the molecule is Cc1cc2oc(=O)sc2cc1NS(=O)(=O)c1cccs1. The Labute approximate surface area is 122 Å². The number of anilines is 1. The molecule has 0 radical (unpaired) electrons. The van der Waals surface area contributed by atoms with Crippen LogP contribution in [0.5, 0.6) is 0 Å². The van der Waals surface area contributed by atoms with Crippen LogP contribution in [-0.2, 0) is 10.0 Å². The Bertz CT molecular complexity index is 919. The number of rotatable bonds is 3. The molecule has 3 aromatic rings. The summed E-state index contributed by atoms with van der Waals surface area (Å²) in [6.45, 7) is 1.75. The molecule has 3 rings (SSSR count). The molecule has 0 unspecified atom stereocenters. The third-order valence-corrected chi connectivity index (χ3v) is 6.23. The van der Waals surface area contributed by atoms with Gasteiger partial charge in [-0.2, -0.15) is 0 Å². The van der Waals surface area contributed by atoms with E-state index in [1.807, 2.05) is 0 Å². The Hall–Kier alpha value is -1.64. The molecule has 0 bridgehead atoms. The van der Waals surface area contributed by atoms with E-state index in [0.717, 1.165) is 22.7 Å². The highest BCUT2D eigenvalue weighted by Crippen LogP contribution is 2.28. The van der Waals surface area contributed by atoms with Gasteiger partial charge in [-0.3, -0.25) is 4.72 Å². The van der Waals surface area contributed by atoms with Crippen LogP contribution in [0.3, 0.4) is 0 Å². The normalized spacial score (nSPS) is 11.8. The molecule has 2 heterocycles. The van der Waals surface area contributed by atoms with E-state index in [9.17, 15) is 13.2 Å². The third-order valence-electron chi connectivity index (χ3n) is 2.68. The van der Waals surface area contributed by atoms with Crippen molar-refractivity contribution < 1.29 is 12.8 Å². The summed E-state index contributed by atoms with van der Waals surface area (Å²) in [6, 6.07) is 6.49. The van der Waals surface area contributed by atoms with E-state index >= 15 is 0 Å². The lowest BCUT2D eigenvalue weighted by atomic mass is 10.2. The monoisotopic (exact) mass is 327 g/mol. The lowest BCUT2D eigenvalue weighted by Crippen LogP contribution is -2.12. The molecule has 0 saturated carbocycles. The molecule has 1 aromatic carbocycles. The molecule has 2 aromatic heterocycles. The summed E-state index contributed by atoms with van der Waals surface area (Å²) in [5.41, 5.74) is 1.61. The highest BCUT2D eigenvalue weighted by molar-refractivity contribution is 7.94. The Kier molecular flexibility index (Phi) is 3.15. The maximum atomic E-state index is 12.2. The smallest absolute Gasteiger partial charge is 0.396 e. The average Bonchev–Trinajstić information content (AvgIpc) is 2.98. The molecule has 104 valence electrons. The summed E-state index contributed by atoms with van der Waals surface area (Å²) >= 11 is 2.09. The third kappa shape index (κ3) is 2.37. The zero-order valence-corrected chi connectivity index (χ0v) is 12.7. The number of sulfonamides is 1. The molecule has 20 heavy (non-hydrogen) atoms. The van der Waals surface area contributed by atoms with Gasteiger partial charge < -0.3 is 4.42 Å². The molecule has 8 heteroatoms. The Morgan fingerprint density at radius 3 is 2.80 bits per heavy atom. The van der Waals surface area contributed by atoms with Crippen LogP contribution in [0.25, 0.3) is 10.3 Å². The number of fused-ring (bicyclic) bond motifs is 1. The van der Waals surface area contributed by atoms with E-state index in [0.29, 0.717) is 21.5 Å². The standard InChI is InChI=1S/C12H9NO4S3/c1-7-5-9-10(19-12(14)17-9)6-8(7)13-20(15,16)11-3-2-4-18-11/h2-6,13H,1H3. The zero-order valence-electron chi connectivity index (χ0n) is 10.2. The van der Waals surface area contributed by atoms with Gasteiger partial charge in [0.2, 0.25) is 0 Å². The van der Waals surface area contributed by atoms with Crippen molar-refractivity contribution in [3.05, 3.63) is 44.9 Å². The first kappa shape index (κ1) is 13.3. The second-order valence-corrected chi connectivity index (χ2v) is 7.94. The highest BCUT2D eigenvalue weighted by Gasteiger charge is 2.17. The van der Waals surface area contributed by atoms with Gasteiger partial charge in [-0.25, -0.2) is 13.2 Å². The molecule has 0 saturated heterocycles. The maximum Gasteiger partial charge on any atom is 0.396 e. The number of hydrogen-bond donors (Lipinski definition) is 1. The molecule has 5 nitrogen and oxygen atoms in total. The fourth-order valence-electron chi connectivity index (χ4n) is 1.74. The van der Waals surface area contributed by atoms with Gasteiger partial charge in [-0.05, 0) is 36.1 Å². The number of aryl methyl sites for hydroxylation is 1. The lowest BCUT2D eigenvalue weighted by Gasteiger charge is -2.08. The van der Waals surface area contributed by atoms with Gasteiger partial charge in [-0.1, -0.05) is 17.4 Å². The van der Waals surface area contributed by atoms with Crippen LogP contribution in [0, 0.1) is 6.92 Å². The number of thiophene rings is 1. The minimum Gasteiger partial charge on any atom is -0.414 e. The van der Waals surface area contributed by atoms with Gasteiger partial charge in [0, 0.05) is 0 Å². The lowest BCUT2D eigenvalue weighted by molar-refractivity contribution is 0.585. The van der Waals surface area contributed by atoms with Crippen molar-refractivity contribution in [2.75, 3.05) is 4.72 Å². The molecule has 0 aliphatic heterocycles. The minimum atomic E-state index is -3.59. The second-order valence-electron chi connectivity index (χ2n) is 4.11. The molecule has 0 amide bonds. The number of hydrogen-bond acceptors (Lipinski definition) is 6. The molecule has 0 aliphatic rings. The van der Waals surface area contributed by atoms with Crippen molar-refractivity contribution in [1.82, 2.24) is 0 Å². The minimum absolute atomic E-state index is 0.248. The molecule has 0 aliphatic carbocycles. The Balaban J connectivity index is 2.07. The van der Waals surface area contributed by atoms with Crippen molar-refractivity contribution in [2.45, 2.75) is 11.1 Å². The van der Waals surface area contributed by atoms with Crippen LogP contribution in [0.1, 0.15) is 5.56 Å².